The molecule has 1 heterocycles. The zero-order chi connectivity index (χ0) is 23.4. The number of nitrogens with zero attached hydrogens (tertiary/aromatic N) is 1. The molecule has 1 atom stereocenters. The number of hydrogen-bond donors (Lipinski definition) is 1. The van der Waals surface area contributed by atoms with Crippen molar-refractivity contribution in [1.82, 2.24) is 5.32 Å². The molecule has 0 unspecified atom stereocenters. The summed E-state index contributed by atoms with van der Waals surface area (Å²) in [5.41, 5.74) is 2.91. The van der Waals surface area contributed by atoms with Crippen LogP contribution in [0.5, 0.6) is 11.5 Å². The Labute approximate surface area is 194 Å². The van der Waals surface area contributed by atoms with Crippen LogP contribution in [0.2, 0.25) is 0 Å². The van der Waals surface area contributed by atoms with E-state index in [0.717, 1.165) is 11.1 Å². The average Bonchev–Trinajstić information content (AvgIpc) is 2.81. The molecule has 0 fully saturated rings. The smallest absolute Gasteiger partial charge is 0.251 e. The number of rotatable bonds is 7. The number of amides is 1. The standard InChI is InChI=1S/C25H26N2O5S/c1-18-7-9-19(10-8-18)16-27(33(2,29)30)21-13-11-20(12-14-21)25(28)26-15-22-17-31-23-5-3-4-6-24(23)32-22/h3-14,22H,15-17H2,1-2H3,(H,26,28)/t22-/m0/s1. The molecule has 0 saturated heterocycles. The number of carbonyl (C=O) groups is 1. The fourth-order valence-corrected chi connectivity index (χ4v) is 4.40. The van der Waals surface area contributed by atoms with Crippen LogP contribution in [0.15, 0.2) is 72.8 Å². The number of aryl methyl sites for hydroxylation is 1. The van der Waals surface area contributed by atoms with Crippen LogP contribution >= 0.6 is 0 Å². The Bertz CT molecular complexity index is 1220. The van der Waals surface area contributed by atoms with E-state index >= 15 is 0 Å². The van der Waals surface area contributed by atoms with Crippen molar-refractivity contribution in [3.63, 3.8) is 0 Å². The van der Waals surface area contributed by atoms with E-state index in [1.807, 2.05) is 55.5 Å². The zero-order valence-corrected chi connectivity index (χ0v) is 19.3. The number of fused-ring (bicyclic) bond motifs is 1. The Morgan fingerprint density at radius 2 is 1.67 bits per heavy atom. The fourth-order valence-electron chi connectivity index (χ4n) is 3.51. The molecule has 0 aromatic heterocycles. The number of carbonyl (C=O) groups excluding carboxylic acids is 1. The first-order valence-corrected chi connectivity index (χ1v) is 12.4. The molecule has 0 bridgehead atoms. The second kappa shape index (κ2) is 9.54. The van der Waals surface area contributed by atoms with Crippen molar-refractivity contribution in [2.45, 2.75) is 19.6 Å². The first-order chi connectivity index (χ1) is 15.8. The molecule has 0 saturated carbocycles. The van der Waals surface area contributed by atoms with Crippen LogP contribution in [-0.4, -0.2) is 39.8 Å². The number of sulfonamides is 1. The highest BCUT2D eigenvalue weighted by Crippen LogP contribution is 2.30. The molecule has 0 radical (unpaired) electrons. The summed E-state index contributed by atoms with van der Waals surface area (Å²) < 4.78 is 37.7. The Morgan fingerprint density at radius 1 is 1.00 bits per heavy atom. The summed E-state index contributed by atoms with van der Waals surface area (Å²) >= 11 is 0. The molecule has 3 aromatic carbocycles. The van der Waals surface area contributed by atoms with Gasteiger partial charge >= 0.3 is 0 Å². The quantitative estimate of drug-likeness (QED) is 0.576. The minimum atomic E-state index is -3.51. The summed E-state index contributed by atoms with van der Waals surface area (Å²) in [6.45, 7) is 2.83. The molecule has 0 spiro atoms. The van der Waals surface area contributed by atoms with Gasteiger partial charge in [0.1, 0.15) is 12.7 Å². The van der Waals surface area contributed by atoms with Crippen molar-refractivity contribution in [1.29, 1.82) is 0 Å². The lowest BCUT2D eigenvalue weighted by Crippen LogP contribution is -2.40. The lowest BCUT2D eigenvalue weighted by atomic mass is 10.1. The van der Waals surface area contributed by atoms with E-state index in [-0.39, 0.29) is 25.1 Å². The van der Waals surface area contributed by atoms with Crippen LogP contribution in [0.25, 0.3) is 0 Å². The van der Waals surface area contributed by atoms with Crippen LogP contribution in [0.1, 0.15) is 21.5 Å². The molecule has 1 aliphatic heterocycles. The molecular formula is C25H26N2O5S. The van der Waals surface area contributed by atoms with Gasteiger partial charge in [0.15, 0.2) is 11.5 Å². The van der Waals surface area contributed by atoms with Gasteiger partial charge < -0.3 is 14.8 Å². The van der Waals surface area contributed by atoms with E-state index in [0.29, 0.717) is 29.4 Å². The van der Waals surface area contributed by atoms with Crippen LogP contribution in [0.4, 0.5) is 5.69 Å². The molecule has 7 nitrogen and oxygen atoms in total. The number of anilines is 1. The molecule has 1 N–H and O–H groups in total. The molecule has 4 rings (SSSR count). The third-order valence-electron chi connectivity index (χ3n) is 5.32. The Balaban J connectivity index is 1.40. The predicted octanol–water partition coefficient (Wildman–Crippen LogP) is 3.53. The van der Waals surface area contributed by atoms with Crippen molar-refractivity contribution in [3.05, 3.63) is 89.5 Å². The first kappa shape index (κ1) is 22.7. The van der Waals surface area contributed by atoms with Crippen molar-refractivity contribution < 1.29 is 22.7 Å². The van der Waals surface area contributed by atoms with Gasteiger partial charge in [0.2, 0.25) is 10.0 Å². The SMILES string of the molecule is Cc1ccc(CN(c2ccc(C(=O)NC[C@H]3COc4ccccc4O3)cc2)S(C)(=O)=O)cc1. The van der Waals surface area contributed by atoms with Gasteiger partial charge in [-0.25, -0.2) is 8.42 Å². The van der Waals surface area contributed by atoms with E-state index in [4.69, 9.17) is 9.47 Å². The fraction of sp³-hybridized carbons (Fsp3) is 0.240. The lowest BCUT2D eigenvalue weighted by molar-refractivity contribution is 0.0789. The van der Waals surface area contributed by atoms with Gasteiger partial charge in [-0.2, -0.15) is 0 Å². The van der Waals surface area contributed by atoms with E-state index in [9.17, 15) is 13.2 Å². The summed E-state index contributed by atoms with van der Waals surface area (Å²) in [5.74, 6) is 1.08. The highest BCUT2D eigenvalue weighted by atomic mass is 32.2. The van der Waals surface area contributed by atoms with Gasteiger partial charge in [-0.15, -0.1) is 0 Å². The van der Waals surface area contributed by atoms with E-state index in [1.54, 1.807) is 24.3 Å². The average molecular weight is 467 g/mol. The van der Waals surface area contributed by atoms with Crippen molar-refractivity contribution >= 4 is 21.6 Å². The minimum Gasteiger partial charge on any atom is -0.486 e. The molecule has 3 aromatic rings. The third-order valence-corrected chi connectivity index (χ3v) is 6.46. The second-order valence-electron chi connectivity index (χ2n) is 8.01. The monoisotopic (exact) mass is 466 g/mol. The Hall–Kier alpha value is -3.52. The van der Waals surface area contributed by atoms with Gasteiger partial charge in [-0.3, -0.25) is 9.10 Å². The van der Waals surface area contributed by atoms with Crippen LogP contribution in [-0.2, 0) is 16.6 Å². The molecule has 0 aliphatic carbocycles. The van der Waals surface area contributed by atoms with Gasteiger partial charge in [-0.1, -0.05) is 42.0 Å². The molecule has 33 heavy (non-hydrogen) atoms. The normalized spacial score (nSPS) is 15.0. The Kier molecular flexibility index (Phi) is 6.55. The largest absolute Gasteiger partial charge is 0.486 e. The number of ether oxygens (including phenoxy) is 2. The summed E-state index contributed by atoms with van der Waals surface area (Å²) in [5, 5.41) is 2.85. The van der Waals surface area contributed by atoms with Crippen molar-refractivity contribution in [3.8, 4) is 11.5 Å². The minimum absolute atomic E-state index is 0.213. The van der Waals surface area contributed by atoms with E-state index < -0.39 is 10.0 Å². The van der Waals surface area contributed by atoms with Crippen molar-refractivity contribution in [2.24, 2.45) is 0 Å². The maximum absolute atomic E-state index is 12.6. The van der Waals surface area contributed by atoms with Crippen LogP contribution < -0.4 is 19.1 Å². The van der Waals surface area contributed by atoms with Gasteiger partial charge in [-0.05, 0) is 48.9 Å². The zero-order valence-electron chi connectivity index (χ0n) is 18.5. The summed E-state index contributed by atoms with van der Waals surface area (Å²) in [6.07, 6.45) is 0.880. The maximum atomic E-state index is 12.6. The first-order valence-electron chi connectivity index (χ1n) is 10.6. The van der Waals surface area contributed by atoms with Crippen LogP contribution in [0.3, 0.4) is 0 Å². The summed E-state index contributed by atoms with van der Waals surface area (Å²) in [6, 6.07) is 21.6. The lowest BCUT2D eigenvalue weighted by Gasteiger charge is -2.26. The number of benzene rings is 3. The molecule has 1 amide bonds. The summed E-state index contributed by atoms with van der Waals surface area (Å²) in [4.78, 5) is 12.6. The second-order valence-corrected chi connectivity index (χ2v) is 9.92. The summed E-state index contributed by atoms with van der Waals surface area (Å²) in [7, 11) is -3.51. The number of para-hydroxylation sites is 2. The van der Waals surface area contributed by atoms with Gasteiger partial charge in [0, 0.05) is 5.56 Å². The molecule has 172 valence electrons. The molecule has 8 heteroatoms. The van der Waals surface area contributed by atoms with Gasteiger partial charge in [0.25, 0.3) is 5.91 Å². The van der Waals surface area contributed by atoms with Crippen molar-refractivity contribution in [2.75, 3.05) is 23.7 Å². The number of hydrogen-bond acceptors (Lipinski definition) is 5. The maximum Gasteiger partial charge on any atom is 0.251 e. The predicted molar refractivity (Wildman–Crippen MR) is 127 cm³/mol. The topological polar surface area (TPSA) is 84.9 Å². The van der Waals surface area contributed by atoms with Crippen LogP contribution in [0, 0.1) is 6.92 Å². The highest BCUT2D eigenvalue weighted by molar-refractivity contribution is 7.92. The van der Waals surface area contributed by atoms with Gasteiger partial charge in [0.05, 0.1) is 25.0 Å². The highest BCUT2D eigenvalue weighted by Gasteiger charge is 2.22. The molecule has 1 aliphatic rings. The van der Waals surface area contributed by atoms with E-state index in [2.05, 4.69) is 5.32 Å². The van der Waals surface area contributed by atoms with E-state index in [1.165, 1.54) is 10.6 Å². The Morgan fingerprint density at radius 3 is 2.33 bits per heavy atom. The number of nitrogens with one attached hydrogen (secondary N) is 1. The molecular weight excluding hydrogens is 440 g/mol. The third kappa shape index (κ3) is 5.64.